The first-order valence-electron chi connectivity index (χ1n) is 29.7. The number of unbranched alkanes of at least 4 members (excludes halogenated alkanes) is 33. The Morgan fingerprint density at radius 2 is 0.783 bits per heavy atom. The van der Waals surface area contributed by atoms with E-state index in [0.29, 0.717) is 19.3 Å². The Hall–Kier alpha value is -2.70. The Morgan fingerprint density at radius 1 is 0.420 bits per heavy atom. The fourth-order valence-electron chi connectivity index (χ4n) is 8.87. The van der Waals surface area contributed by atoms with E-state index in [9.17, 15) is 19.8 Å². The van der Waals surface area contributed by atoms with Gasteiger partial charge in [0.2, 0.25) is 5.91 Å². The Labute approximate surface area is 428 Å². The van der Waals surface area contributed by atoms with Gasteiger partial charge in [-0.3, -0.25) is 9.59 Å². The number of hydrogen-bond acceptors (Lipinski definition) is 5. The van der Waals surface area contributed by atoms with Gasteiger partial charge in [-0.25, -0.2) is 0 Å². The van der Waals surface area contributed by atoms with Crippen molar-refractivity contribution >= 4 is 11.9 Å². The van der Waals surface area contributed by atoms with Gasteiger partial charge in [-0.1, -0.05) is 280 Å². The topological polar surface area (TPSA) is 95.9 Å². The third-order valence-electron chi connectivity index (χ3n) is 13.4. The third-order valence-corrected chi connectivity index (χ3v) is 13.4. The summed E-state index contributed by atoms with van der Waals surface area (Å²) in [6.45, 7) is 6.42. The molecular weight excluding hydrogens is 851 g/mol. The summed E-state index contributed by atoms with van der Waals surface area (Å²) in [5, 5.41) is 23.9. The highest BCUT2D eigenvalue weighted by atomic mass is 16.5. The summed E-state index contributed by atoms with van der Waals surface area (Å²) in [5.41, 5.74) is 0. The van der Waals surface area contributed by atoms with Crippen LogP contribution in [0.5, 0.6) is 0 Å². The summed E-state index contributed by atoms with van der Waals surface area (Å²) in [4.78, 5) is 26.3. The molecule has 400 valence electrons. The van der Waals surface area contributed by atoms with Crippen molar-refractivity contribution in [3.63, 3.8) is 0 Å². The molecule has 0 aliphatic heterocycles. The van der Waals surface area contributed by atoms with Crippen molar-refractivity contribution in [2.75, 3.05) is 6.61 Å². The maximum Gasteiger partial charge on any atom is 0.306 e. The molecule has 0 spiro atoms. The monoisotopic (exact) mass is 964 g/mol. The van der Waals surface area contributed by atoms with Crippen molar-refractivity contribution in [3.8, 4) is 0 Å². The Morgan fingerprint density at radius 3 is 1.23 bits per heavy atom. The zero-order valence-electron chi connectivity index (χ0n) is 45.7. The summed E-state index contributed by atoms with van der Waals surface area (Å²) in [7, 11) is 0. The molecule has 0 aromatic heterocycles. The lowest BCUT2D eigenvalue weighted by Gasteiger charge is -2.24. The van der Waals surface area contributed by atoms with Crippen LogP contribution in [-0.2, 0) is 14.3 Å². The first-order chi connectivity index (χ1) is 34.0. The Balaban J connectivity index is 4.63. The van der Waals surface area contributed by atoms with Crippen LogP contribution in [0, 0.1) is 0 Å². The van der Waals surface area contributed by atoms with Gasteiger partial charge in [-0.2, -0.15) is 0 Å². The van der Waals surface area contributed by atoms with E-state index in [2.05, 4.69) is 74.7 Å². The van der Waals surface area contributed by atoms with E-state index in [4.69, 9.17) is 4.74 Å². The van der Waals surface area contributed by atoms with E-state index in [1.807, 2.05) is 24.3 Å². The number of allylic oxidation sites excluding steroid dienone is 12. The molecule has 0 rings (SSSR count). The highest BCUT2D eigenvalue weighted by molar-refractivity contribution is 5.77. The van der Waals surface area contributed by atoms with Crippen molar-refractivity contribution in [1.82, 2.24) is 5.32 Å². The van der Waals surface area contributed by atoms with Gasteiger partial charge in [-0.05, 0) is 70.6 Å². The molecule has 3 N–H and O–H groups in total. The fraction of sp³-hybridized carbons (Fsp3) is 0.778. The number of amides is 1. The zero-order chi connectivity index (χ0) is 50.2. The number of esters is 1. The van der Waals surface area contributed by atoms with Gasteiger partial charge in [0.15, 0.2) is 0 Å². The molecule has 0 aliphatic rings. The quantitative estimate of drug-likeness (QED) is 0.0244. The first kappa shape index (κ1) is 66.3. The first-order valence-corrected chi connectivity index (χ1v) is 29.7. The molecule has 0 bridgehead atoms. The van der Waals surface area contributed by atoms with E-state index in [1.165, 1.54) is 148 Å². The Kier molecular flexibility index (Phi) is 54.0. The third kappa shape index (κ3) is 51.5. The lowest BCUT2D eigenvalue weighted by molar-refractivity contribution is -0.151. The second-order valence-electron chi connectivity index (χ2n) is 20.2. The number of hydrogen-bond donors (Lipinski definition) is 3. The van der Waals surface area contributed by atoms with Crippen LogP contribution in [0.1, 0.15) is 290 Å². The van der Waals surface area contributed by atoms with E-state index in [-0.39, 0.29) is 24.9 Å². The average Bonchev–Trinajstić information content (AvgIpc) is 3.34. The van der Waals surface area contributed by atoms with Gasteiger partial charge in [0, 0.05) is 6.42 Å². The minimum atomic E-state index is -0.800. The molecule has 0 saturated heterocycles. The molecule has 69 heavy (non-hydrogen) atoms. The maximum absolute atomic E-state index is 13.3. The maximum atomic E-state index is 13.3. The van der Waals surface area contributed by atoms with Crippen LogP contribution in [0.4, 0.5) is 0 Å². The lowest BCUT2D eigenvalue weighted by Crippen LogP contribution is -2.46. The van der Waals surface area contributed by atoms with Crippen molar-refractivity contribution in [2.45, 2.75) is 309 Å². The van der Waals surface area contributed by atoms with E-state index < -0.39 is 18.2 Å². The molecule has 0 fully saturated rings. The zero-order valence-corrected chi connectivity index (χ0v) is 45.7. The second-order valence-corrected chi connectivity index (χ2v) is 20.2. The molecule has 1 amide bonds. The van der Waals surface area contributed by atoms with Gasteiger partial charge < -0.3 is 20.3 Å². The van der Waals surface area contributed by atoms with E-state index >= 15 is 0 Å². The molecule has 0 heterocycles. The number of carbonyl (C=O) groups is 2. The molecule has 0 radical (unpaired) electrons. The van der Waals surface area contributed by atoms with Crippen molar-refractivity contribution in [3.05, 3.63) is 72.9 Å². The molecule has 3 atom stereocenters. The minimum absolute atomic E-state index is 0.0550. The SMILES string of the molecule is CCC/C=C/C=C/C=C/C=C/C=C/CCCCCCCC(=O)OC(CCCCC/C=C/CCCCCCCCCCC)CC(=O)NC(CO)C(O)CCCCCCCCCCCCCCCCCC. The predicted molar refractivity (Wildman–Crippen MR) is 301 cm³/mol. The molecular formula is C63H113NO5. The molecule has 3 unspecified atom stereocenters. The van der Waals surface area contributed by atoms with Crippen LogP contribution in [0.2, 0.25) is 0 Å². The standard InChI is InChI=1S/C63H113NO5/c1-4-7-10-13-16-19-22-25-28-31-32-35-38-41-44-47-50-53-56-63(68)69-59(54-51-48-45-42-39-36-33-29-26-23-20-17-14-11-8-5-2)57-62(67)64-60(58-65)61(66)55-52-49-46-43-40-37-34-30-27-24-21-18-15-12-9-6-3/h10,13,16,19,22,25,28,31-32,35-36,39,59-61,65-66H,4-9,11-12,14-15,17-18,20-21,23-24,26-27,29-30,33-34,37-38,40-58H2,1-3H3,(H,64,67)/b13-10+,19-16+,25-22+,31-28+,35-32+,39-36+. The molecule has 0 saturated carbocycles. The molecule has 6 nitrogen and oxygen atoms in total. The van der Waals surface area contributed by atoms with Crippen LogP contribution in [0.25, 0.3) is 0 Å². The van der Waals surface area contributed by atoms with Gasteiger partial charge >= 0.3 is 5.97 Å². The number of ether oxygens (including phenoxy) is 1. The second kappa shape index (κ2) is 56.2. The largest absolute Gasteiger partial charge is 0.462 e. The van der Waals surface area contributed by atoms with Crippen LogP contribution in [-0.4, -0.2) is 46.9 Å². The molecule has 0 aromatic carbocycles. The molecule has 0 aliphatic carbocycles. The Bertz CT molecular complexity index is 1270. The van der Waals surface area contributed by atoms with E-state index in [1.54, 1.807) is 0 Å². The molecule has 0 aromatic rings. The highest BCUT2D eigenvalue weighted by Gasteiger charge is 2.24. The van der Waals surface area contributed by atoms with Crippen molar-refractivity contribution in [1.29, 1.82) is 0 Å². The summed E-state index contributed by atoms with van der Waals surface area (Å²) in [5.74, 6) is -0.511. The van der Waals surface area contributed by atoms with Crippen LogP contribution in [0.3, 0.4) is 0 Å². The van der Waals surface area contributed by atoms with Gasteiger partial charge in [-0.15, -0.1) is 0 Å². The summed E-state index contributed by atoms with van der Waals surface area (Å²) in [6.07, 6.45) is 72.5. The average molecular weight is 965 g/mol. The minimum Gasteiger partial charge on any atom is -0.462 e. The van der Waals surface area contributed by atoms with Crippen LogP contribution in [0.15, 0.2) is 72.9 Å². The number of carbonyl (C=O) groups excluding carboxylic acids is 2. The van der Waals surface area contributed by atoms with Crippen LogP contribution >= 0.6 is 0 Å². The number of rotatable bonds is 53. The van der Waals surface area contributed by atoms with Crippen molar-refractivity contribution < 1.29 is 24.5 Å². The highest BCUT2D eigenvalue weighted by Crippen LogP contribution is 2.18. The van der Waals surface area contributed by atoms with Gasteiger partial charge in [0.1, 0.15) is 6.10 Å². The van der Waals surface area contributed by atoms with Gasteiger partial charge in [0.05, 0.1) is 25.2 Å². The number of nitrogens with one attached hydrogen (secondary N) is 1. The normalized spacial score (nSPS) is 13.6. The summed E-state index contributed by atoms with van der Waals surface area (Å²) in [6, 6.07) is -0.716. The lowest BCUT2D eigenvalue weighted by atomic mass is 10.0. The number of aliphatic hydroxyl groups excluding tert-OH is 2. The summed E-state index contributed by atoms with van der Waals surface area (Å²) >= 11 is 0. The van der Waals surface area contributed by atoms with Crippen LogP contribution < -0.4 is 5.32 Å². The van der Waals surface area contributed by atoms with Gasteiger partial charge in [0.25, 0.3) is 0 Å². The summed E-state index contributed by atoms with van der Waals surface area (Å²) < 4.78 is 5.95. The van der Waals surface area contributed by atoms with Crippen molar-refractivity contribution in [2.24, 2.45) is 0 Å². The fourth-order valence-corrected chi connectivity index (χ4v) is 8.87. The van der Waals surface area contributed by atoms with E-state index in [0.717, 1.165) is 96.3 Å². The predicted octanol–water partition coefficient (Wildman–Crippen LogP) is 18.5. The molecule has 6 heteroatoms. The number of aliphatic hydroxyl groups is 2. The smallest absolute Gasteiger partial charge is 0.306 e.